The molecule has 2 unspecified atom stereocenters. The van der Waals surface area contributed by atoms with Gasteiger partial charge in [0.1, 0.15) is 11.8 Å². The molecule has 3 rings (SSSR count). The van der Waals surface area contributed by atoms with Gasteiger partial charge in [0.15, 0.2) is 0 Å². The minimum absolute atomic E-state index is 0.211. The van der Waals surface area contributed by atoms with E-state index in [1.54, 1.807) is 42.8 Å². The first-order chi connectivity index (χ1) is 15.7. The highest BCUT2D eigenvalue weighted by Crippen LogP contribution is 2.34. The van der Waals surface area contributed by atoms with Gasteiger partial charge in [-0.1, -0.05) is 24.3 Å². The van der Waals surface area contributed by atoms with Gasteiger partial charge >= 0.3 is 12.4 Å². The van der Waals surface area contributed by atoms with E-state index >= 15 is 0 Å². The van der Waals surface area contributed by atoms with E-state index in [0.717, 1.165) is 18.6 Å². The van der Waals surface area contributed by atoms with E-state index in [-0.39, 0.29) is 18.1 Å². The van der Waals surface area contributed by atoms with Crippen LogP contribution in [0, 0.1) is 5.92 Å². The van der Waals surface area contributed by atoms with E-state index in [1.165, 1.54) is 12.2 Å². The average Bonchev–Trinajstić information content (AvgIpc) is 3.15. The summed E-state index contributed by atoms with van der Waals surface area (Å²) >= 11 is 0. The molecule has 186 valence electrons. The van der Waals surface area contributed by atoms with Crippen LogP contribution in [0.1, 0.15) is 39.7 Å². The van der Waals surface area contributed by atoms with Crippen molar-refractivity contribution in [1.82, 2.24) is 15.1 Å². The maximum Gasteiger partial charge on any atom is 0.403 e. The number of halogens is 6. The largest absolute Gasteiger partial charge is 0.438 e. The Kier molecular flexibility index (Phi) is 7.21. The molecule has 0 aliphatic heterocycles. The van der Waals surface area contributed by atoms with Gasteiger partial charge in [0.05, 0.1) is 11.6 Å². The number of nitrogens with one attached hydrogen (secondary N) is 1. The number of ether oxygens (including phenoxy) is 1. The molecule has 0 spiro atoms. The van der Waals surface area contributed by atoms with Crippen molar-refractivity contribution < 1.29 is 31.1 Å². The third-order valence-corrected chi connectivity index (χ3v) is 5.71. The first-order valence-electron chi connectivity index (χ1n) is 10.9. The molecule has 1 aromatic carbocycles. The lowest BCUT2D eigenvalue weighted by molar-refractivity contribution is -0.160. The Labute approximate surface area is 194 Å². The quantitative estimate of drug-likeness (QED) is 0.440. The van der Waals surface area contributed by atoms with E-state index < -0.39 is 29.9 Å². The van der Waals surface area contributed by atoms with Crippen LogP contribution in [0.2, 0.25) is 0 Å². The van der Waals surface area contributed by atoms with Gasteiger partial charge in [-0.3, -0.25) is 10.00 Å². The van der Waals surface area contributed by atoms with Crippen molar-refractivity contribution in [2.75, 3.05) is 0 Å². The van der Waals surface area contributed by atoms with Gasteiger partial charge in [-0.25, -0.2) is 0 Å². The molecule has 0 saturated carbocycles. The maximum atomic E-state index is 13.1. The monoisotopic (exact) mass is 487 g/mol. The van der Waals surface area contributed by atoms with Gasteiger partial charge in [0.2, 0.25) is 5.88 Å². The molecule has 2 aromatic rings. The summed E-state index contributed by atoms with van der Waals surface area (Å²) in [6, 6.07) is 7.07. The molecule has 1 aromatic heterocycles. The number of alkyl halides is 6. The summed E-state index contributed by atoms with van der Waals surface area (Å²) in [5, 5.41) is 7.00. The fraction of sp³-hybridized carbons (Fsp3) is 0.458. The topological polar surface area (TPSA) is 39.1 Å². The fourth-order valence-corrected chi connectivity index (χ4v) is 3.73. The Bertz CT molecular complexity index is 1070. The molecule has 2 atom stereocenters. The number of rotatable bonds is 7. The molecular weight excluding hydrogens is 460 g/mol. The summed E-state index contributed by atoms with van der Waals surface area (Å²) in [5.74, 6) is -1.05. The molecule has 1 heterocycles. The second-order valence-electron chi connectivity index (χ2n) is 8.75. The number of hydrogen-bond acceptors (Lipinski definition) is 3. The third kappa shape index (κ3) is 6.02. The van der Waals surface area contributed by atoms with Crippen LogP contribution in [0.3, 0.4) is 0 Å². The molecule has 1 N–H and O–H groups in total. The third-order valence-electron chi connectivity index (χ3n) is 5.71. The van der Waals surface area contributed by atoms with Crippen LogP contribution in [-0.2, 0) is 12.1 Å². The lowest BCUT2D eigenvalue weighted by Gasteiger charge is -2.32. The highest BCUT2D eigenvalue weighted by Gasteiger charge is 2.39. The van der Waals surface area contributed by atoms with E-state index in [2.05, 4.69) is 10.4 Å². The van der Waals surface area contributed by atoms with Crippen LogP contribution < -0.4 is 10.1 Å². The molecule has 0 amide bonds. The smallest absolute Gasteiger partial charge is 0.403 e. The molecule has 4 nitrogen and oxygen atoms in total. The van der Waals surface area contributed by atoms with Gasteiger partial charge < -0.3 is 4.74 Å². The van der Waals surface area contributed by atoms with Gasteiger partial charge in [-0.05, 0) is 57.9 Å². The zero-order valence-corrected chi connectivity index (χ0v) is 19.3. The normalized spacial score (nSPS) is 18.1. The highest BCUT2D eigenvalue weighted by atomic mass is 19.4. The standard InChI is InChI=1S/C24H27F6N3O/c1-5-33-20(14-21(32-33)34-19-11-9-17(10-12-19)24(28,29)30)16-7-6-8-18(13-16)22(3,4)31-15(2)23(25,26)27/h6-9,11-15,17,31H,5,10H2,1-4H3. The molecule has 0 bridgehead atoms. The van der Waals surface area contributed by atoms with E-state index in [4.69, 9.17) is 4.74 Å². The number of hydrogen-bond donors (Lipinski definition) is 1. The molecule has 0 saturated heterocycles. The Hall–Kier alpha value is -2.75. The van der Waals surface area contributed by atoms with Crippen molar-refractivity contribution in [1.29, 1.82) is 0 Å². The number of allylic oxidation sites excluding steroid dienone is 3. The summed E-state index contributed by atoms with van der Waals surface area (Å²) in [6.45, 7) is 6.79. The summed E-state index contributed by atoms with van der Waals surface area (Å²) in [5.41, 5.74) is 1.09. The Morgan fingerprint density at radius 3 is 2.41 bits per heavy atom. The van der Waals surface area contributed by atoms with Gasteiger partial charge in [0, 0.05) is 23.7 Å². The van der Waals surface area contributed by atoms with Crippen molar-refractivity contribution in [3.05, 3.63) is 59.9 Å². The number of nitrogens with zero attached hydrogens (tertiary/aromatic N) is 2. The zero-order valence-electron chi connectivity index (χ0n) is 19.3. The Morgan fingerprint density at radius 2 is 1.85 bits per heavy atom. The zero-order chi connectivity index (χ0) is 25.3. The van der Waals surface area contributed by atoms with Gasteiger partial charge in [-0.2, -0.15) is 26.3 Å². The van der Waals surface area contributed by atoms with Crippen LogP contribution in [0.15, 0.2) is 54.3 Å². The maximum absolute atomic E-state index is 13.1. The minimum atomic E-state index is -4.37. The summed E-state index contributed by atoms with van der Waals surface area (Å²) in [6.07, 6.45) is -5.17. The van der Waals surface area contributed by atoms with Crippen LogP contribution in [0.5, 0.6) is 5.88 Å². The summed E-state index contributed by atoms with van der Waals surface area (Å²) in [4.78, 5) is 0. The summed E-state index contributed by atoms with van der Waals surface area (Å²) < 4.78 is 85.0. The molecule has 10 heteroatoms. The van der Waals surface area contributed by atoms with E-state index in [1.807, 2.05) is 13.0 Å². The summed E-state index contributed by atoms with van der Waals surface area (Å²) in [7, 11) is 0. The second kappa shape index (κ2) is 9.48. The van der Waals surface area contributed by atoms with Crippen LogP contribution in [0.25, 0.3) is 11.3 Å². The molecule has 1 aliphatic rings. The molecular formula is C24H27F6N3O. The highest BCUT2D eigenvalue weighted by molar-refractivity contribution is 5.62. The van der Waals surface area contributed by atoms with Crippen LogP contribution in [0.4, 0.5) is 26.3 Å². The second-order valence-corrected chi connectivity index (χ2v) is 8.75. The Morgan fingerprint density at radius 1 is 1.15 bits per heavy atom. The van der Waals surface area contributed by atoms with Crippen molar-refractivity contribution >= 4 is 0 Å². The van der Waals surface area contributed by atoms with E-state index in [0.29, 0.717) is 17.8 Å². The Balaban J connectivity index is 1.82. The first-order valence-corrected chi connectivity index (χ1v) is 10.9. The molecule has 34 heavy (non-hydrogen) atoms. The van der Waals surface area contributed by atoms with Crippen molar-refractivity contribution in [2.24, 2.45) is 5.92 Å². The molecule has 1 aliphatic carbocycles. The number of aromatic nitrogens is 2. The minimum Gasteiger partial charge on any atom is -0.438 e. The number of benzene rings is 1. The average molecular weight is 487 g/mol. The number of aryl methyl sites for hydroxylation is 1. The van der Waals surface area contributed by atoms with Crippen LogP contribution in [-0.4, -0.2) is 28.2 Å². The SMILES string of the molecule is CCn1nc(OC2=CCC(C(F)(F)F)C=C2)cc1-c1cccc(C(C)(C)NC(C)C(F)(F)F)c1. The van der Waals surface area contributed by atoms with E-state index in [9.17, 15) is 26.3 Å². The fourth-order valence-electron chi connectivity index (χ4n) is 3.73. The lowest BCUT2D eigenvalue weighted by Crippen LogP contribution is -2.49. The van der Waals surface area contributed by atoms with Crippen LogP contribution >= 0.6 is 0 Å². The molecule has 0 radical (unpaired) electrons. The van der Waals surface area contributed by atoms with Crippen molar-refractivity contribution in [3.63, 3.8) is 0 Å². The predicted molar refractivity (Wildman–Crippen MR) is 117 cm³/mol. The van der Waals surface area contributed by atoms with Crippen molar-refractivity contribution in [2.45, 2.75) is 64.6 Å². The molecule has 0 fully saturated rings. The lowest BCUT2D eigenvalue weighted by atomic mass is 9.91. The van der Waals surface area contributed by atoms with Gasteiger partial charge in [-0.15, -0.1) is 5.10 Å². The van der Waals surface area contributed by atoms with Crippen molar-refractivity contribution in [3.8, 4) is 17.1 Å². The first kappa shape index (κ1) is 25.9. The predicted octanol–water partition coefficient (Wildman–Crippen LogP) is 6.75. The van der Waals surface area contributed by atoms with Gasteiger partial charge in [0.25, 0.3) is 0 Å².